The molecule has 0 radical (unpaired) electrons. The van der Waals surface area contributed by atoms with Gasteiger partial charge in [0.2, 0.25) is 0 Å². The van der Waals surface area contributed by atoms with Crippen LogP contribution in [-0.4, -0.2) is 66.7 Å². The van der Waals surface area contributed by atoms with Gasteiger partial charge >= 0.3 is 5.97 Å². The van der Waals surface area contributed by atoms with Crippen molar-refractivity contribution in [3.05, 3.63) is 41.2 Å². The number of methoxy groups -OCH3 is 1. The van der Waals surface area contributed by atoms with Crippen molar-refractivity contribution in [3.8, 4) is 0 Å². The maximum absolute atomic E-state index is 11.7. The quantitative estimate of drug-likeness (QED) is 0.270. The fourth-order valence-electron chi connectivity index (χ4n) is 3.18. The summed E-state index contributed by atoms with van der Waals surface area (Å²) in [6.07, 6.45) is 1.60. The van der Waals surface area contributed by atoms with E-state index in [2.05, 4.69) is 25.3 Å². The fraction of sp³-hybridized carbons (Fsp3) is 0.526. The summed E-state index contributed by atoms with van der Waals surface area (Å²) in [5.74, 6) is 1.63. The second kappa shape index (κ2) is 11.2. The molecule has 9 nitrogen and oxygen atoms in total. The number of guanidine groups is 1. The van der Waals surface area contributed by atoms with E-state index in [9.17, 15) is 4.79 Å². The molecule has 3 rings (SSSR count). The average molecular weight is 517 g/mol. The van der Waals surface area contributed by atoms with Crippen molar-refractivity contribution in [1.29, 1.82) is 0 Å². The van der Waals surface area contributed by atoms with Crippen molar-refractivity contribution in [3.63, 3.8) is 0 Å². The molecule has 1 aliphatic rings. The number of halogens is 1. The van der Waals surface area contributed by atoms with Crippen LogP contribution in [0, 0.1) is 6.92 Å². The largest absolute Gasteiger partial charge is 0.465 e. The van der Waals surface area contributed by atoms with Gasteiger partial charge in [0.25, 0.3) is 0 Å². The Morgan fingerprint density at radius 1 is 1.34 bits per heavy atom. The molecule has 0 bridgehead atoms. The van der Waals surface area contributed by atoms with E-state index in [0.29, 0.717) is 23.6 Å². The molecule has 0 atom stereocenters. The molecule has 1 N–H and O–H groups in total. The lowest BCUT2D eigenvalue weighted by atomic mass is 10.2. The molecule has 160 valence electrons. The molecule has 2 aromatic rings. The molecule has 2 aromatic heterocycles. The zero-order chi connectivity index (χ0) is 19.9. The first-order valence-electron chi connectivity index (χ1n) is 9.43. The van der Waals surface area contributed by atoms with Crippen molar-refractivity contribution >= 4 is 35.9 Å². The number of aromatic nitrogens is 1. The summed E-state index contributed by atoms with van der Waals surface area (Å²) in [7, 11) is 1.36. The Hall–Kier alpha value is -2.08. The number of nitrogens with zero attached hydrogens (tertiary/aromatic N) is 4. The molecule has 0 unspecified atom stereocenters. The Labute approximate surface area is 187 Å². The molecule has 29 heavy (non-hydrogen) atoms. The Morgan fingerprint density at radius 3 is 2.72 bits per heavy atom. The van der Waals surface area contributed by atoms with E-state index in [4.69, 9.17) is 13.7 Å². The van der Waals surface area contributed by atoms with Crippen LogP contribution in [0.5, 0.6) is 0 Å². The van der Waals surface area contributed by atoms with Gasteiger partial charge in [0.1, 0.15) is 29.9 Å². The molecule has 0 aliphatic carbocycles. The van der Waals surface area contributed by atoms with Crippen molar-refractivity contribution in [1.82, 2.24) is 20.3 Å². The van der Waals surface area contributed by atoms with Gasteiger partial charge in [-0.05, 0) is 19.9 Å². The van der Waals surface area contributed by atoms with Gasteiger partial charge in [-0.25, -0.2) is 9.79 Å². The second-order valence-corrected chi connectivity index (χ2v) is 6.60. The smallest absolute Gasteiger partial charge is 0.341 e. The van der Waals surface area contributed by atoms with Gasteiger partial charge in [-0.1, -0.05) is 5.16 Å². The van der Waals surface area contributed by atoms with E-state index in [-0.39, 0.29) is 24.0 Å². The van der Waals surface area contributed by atoms with Gasteiger partial charge < -0.3 is 23.9 Å². The number of rotatable bonds is 6. The van der Waals surface area contributed by atoms with Gasteiger partial charge in [0, 0.05) is 45.3 Å². The summed E-state index contributed by atoms with van der Waals surface area (Å²) in [5.41, 5.74) is 1.39. The number of carbonyl (C=O) groups is 1. The summed E-state index contributed by atoms with van der Waals surface area (Å²) in [6.45, 7) is 9.30. The van der Waals surface area contributed by atoms with Crippen LogP contribution < -0.4 is 5.32 Å². The lowest BCUT2D eigenvalue weighted by molar-refractivity contribution is 0.0599. The number of hydrogen-bond acceptors (Lipinski definition) is 7. The Bertz CT molecular complexity index is 798. The molecule has 3 heterocycles. The maximum atomic E-state index is 11.7. The highest BCUT2D eigenvalue weighted by Gasteiger charge is 2.21. The number of furan rings is 1. The molecular formula is C19H28IN5O4. The minimum absolute atomic E-state index is 0. The number of aliphatic imine (C=N–C) groups is 1. The summed E-state index contributed by atoms with van der Waals surface area (Å²) in [6, 6.07) is 3.59. The zero-order valence-corrected chi connectivity index (χ0v) is 19.3. The molecule has 10 heteroatoms. The SMILES string of the molecule is CCNC(=NCc1cc(C(=O)OC)c(C)o1)N1CCN(Cc2ccon2)CC1.I. The first kappa shape index (κ1) is 23.2. The monoisotopic (exact) mass is 517 g/mol. The Kier molecular flexibility index (Phi) is 8.96. The van der Waals surface area contributed by atoms with E-state index in [1.54, 1.807) is 19.3 Å². The van der Waals surface area contributed by atoms with Gasteiger partial charge in [-0.3, -0.25) is 4.90 Å². The summed E-state index contributed by atoms with van der Waals surface area (Å²) >= 11 is 0. The van der Waals surface area contributed by atoms with Crippen LogP contribution >= 0.6 is 24.0 Å². The predicted octanol–water partition coefficient (Wildman–Crippen LogP) is 2.26. The second-order valence-electron chi connectivity index (χ2n) is 6.60. The summed E-state index contributed by atoms with van der Waals surface area (Å²) in [4.78, 5) is 21.0. The van der Waals surface area contributed by atoms with Crippen LogP contribution in [-0.2, 0) is 17.8 Å². The number of carbonyl (C=O) groups excluding carboxylic acids is 1. The standard InChI is InChI=1S/C19H27N5O4.HI/c1-4-20-19(21-12-16-11-17(14(2)28-16)18(25)26-3)24-8-6-23(7-9-24)13-15-5-10-27-22-15;/h5,10-11H,4,6-9,12-13H2,1-3H3,(H,20,21);1H. The molecular weight excluding hydrogens is 489 g/mol. The minimum atomic E-state index is -0.397. The molecule has 0 aromatic carbocycles. The minimum Gasteiger partial charge on any atom is -0.465 e. The van der Waals surface area contributed by atoms with Crippen molar-refractivity contribution in [2.45, 2.75) is 26.9 Å². The Morgan fingerprint density at radius 2 is 2.10 bits per heavy atom. The zero-order valence-electron chi connectivity index (χ0n) is 17.0. The maximum Gasteiger partial charge on any atom is 0.341 e. The first-order chi connectivity index (χ1) is 13.6. The number of aryl methyl sites for hydroxylation is 1. The average Bonchev–Trinajstić information content (AvgIpc) is 3.34. The Balaban J connectivity index is 0.00000300. The van der Waals surface area contributed by atoms with E-state index < -0.39 is 5.97 Å². The molecule has 1 fully saturated rings. The predicted molar refractivity (Wildman–Crippen MR) is 118 cm³/mol. The van der Waals surface area contributed by atoms with E-state index in [1.165, 1.54) is 7.11 Å². The van der Waals surface area contributed by atoms with Gasteiger partial charge in [-0.2, -0.15) is 0 Å². The summed E-state index contributed by atoms with van der Waals surface area (Å²) < 4.78 is 15.3. The van der Waals surface area contributed by atoms with Crippen LogP contribution in [0.15, 0.2) is 32.3 Å². The highest BCUT2D eigenvalue weighted by Crippen LogP contribution is 2.17. The molecule has 0 saturated carbocycles. The van der Waals surface area contributed by atoms with Crippen molar-refractivity contribution in [2.24, 2.45) is 4.99 Å². The lowest BCUT2D eigenvalue weighted by Gasteiger charge is -2.36. The fourth-order valence-corrected chi connectivity index (χ4v) is 3.18. The van der Waals surface area contributed by atoms with Crippen LogP contribution in [0.25, 0.3) is 0 Å². The van der Waals surface area contributed by atoms with Crippen LogP contribution in [0.3, 0.4) is 0 Å². The first-order valence-corrected chi connectivity index (χ1v) is 9.43. The van der Waals surface area contributed by atoms with E-state index >= 15 is 0 Å². The van der Waals surface area contributed by atoms with Crippen LogP contribution in [0.2, 0.25) is 0 Å². The molecule has 1 aliphatic heterocycles. The van der Waals surface area contributed by atoms with Crippen molar-refractivity contribution < 1.29 is 18.5 Å². The third kappa shape index (κ3) is 6.20. The molecule has 1 saturated heterocycles. The number of esters is 1. The lowest BCUT2D eigenvalue weighted by Crippen LogP contribution is -2.52. The number of ether oxygens (including phenoxy) is 1. The van der Waals surface area contributed by atoms with Crippen LogP contribution in [0.4, 0.5) is 0 Å². The highest BCUT2D eigenvalue weighted by atomic mass is 127. The van der Waals surface area contributed by atoms with E-state index in [1.807, 2.05) is 13.0 Å². The van der Waals surface area contributed by atoms with Crippen LogP contribution in [0.1, 0.15) is 34.5 Å². The van der Waals surface area contributed by atoms with Gasteiger partial charge in [0.05, 0.1) is 12.8 Å². The van der Waals surface area contributed by atoms with E-state index in [0.717, 1.165) is 50.9 Å². The third-order valence-electron chi connectivity index (χ3n) is 4.64. The number of piperazine rings is 1. The third-order valence-corrected chi connectivity index (χ3v) is 4.64. The van der Waals surface area contributed by atoms with Gasteiger partial charge in [-0.15, -0.1) is 24.0 Å². The number of nitrogens with one attached hydrogen (secondary N) is 1. The number of hydrogen-bond donors (Lipinski definition) is 1. The normalized spacial score (nSPS) is 15.1. The highest BCUT2D eigenvalue weighted by molar-refractivity contribution is 14.0. The topological polar surface area (TPSA) is 96.3 Å². The van der Waals surface area contributed by atoms with Crippen molar-refractivity contribution in [2.75, 3.05) is 39.8 Å². The van der Waals surface area contributed by atoms with Gasteiger partial charge in [0.15, 0.2) is 5.96 Å². The summed E-state index contributed by atoms with van der Waals surface area (Å²) in [5, 5.41) is 7.31. The molecule has 0 amide bonds. The molecule has 0 spiro atoms.